The first-order valence-corrected chi connectivity index (χ1v) is 7.23. The average Bonchev–Trinajstić information content (AvgIpc) is 2.52. The van der Waals surface area contributed by atoms with Crippen molar-refractivity contribution in [2.24, 2.45) is 5.92 Å². The molecule has 0 spiro atoms. The smallest absolute Gasteiger partial charge is 0.251 e. The fraction of sp³-hybridized carbons (Fsp3) is 0.438. The number of carbonyl (C=O) groups excluding carboxylic acids is 1. The first-order chi connectivity index (χ1) is 9.79. The van der Waals surface area contributed by atoms with E-state index in [0.29, 0.717) is 18.0 Å². The van der Waals surface area contributed by atoms with E-state index in [1.807, 2.05) is 24.3 Å². The van der Waals surface area contributed by atoms with Gasteiger partial charge in [0.1, 0.15) is 0 Å². The van der Waals surface area contributed by atoms with Gasteiger partial charge in [-0.1, -0.05) is 6.08 Å². The van der Waals surface area contributed by atoms with Crippen molar-refractivity contribution < 1.29 is 4.79 Å². The van der Waals surface area contributed by atoms with Crippen LogP contribution in [-0.4, -0.2) is 32.1 Å². The first kappa shape index (κ1) is 14.6. The van der Waals surface area contributed by atoms with Gasteiger partial charge in [0.05, 0.1) is 0 Å². The van der Waals surface area contributed by atoms with Crippen molar-refractivity contribution in [3.8, 4) is 0 Å². The molecule has 3 N–H and O–H groups in total. The Hall–Kier alpha value is -1.81. The molecule has 0 bridgehead atoms. The third kappa shape index (κ3) is 4.38. The van der Waals surface area contributed by atoms with Crippen molar-refractivity contribution in [1.82, 2.24) is 10.6 Å². The second kappa shape index (κ2) is 7.70. The van der Waals surface area contributed by atoms with Gasteiger partial charge in [-0.05, 0) is 56.1 Å². The van der Waals surface area contributed by atoms with Crippen LogP contribution in [0, 0.1) is 5.92 Å². The van der Waals surface area contributed by atoms with Crippen LogP contribution in [0.3, 0.4) is 0 Å². The molecular weight excluding hydrogens is 250 g/mol. The molecule has 1 aliphatic heterocycles. The Kier molecular flexibility index (Phi) is 5.62. The summed E-state index contributed by atoms with van der Waals surface area (Å²) in [5.41, 5.74) is 1.74. The van der Waals surface area contributed by atoms with Gasteiger partial charge < -0.3 is 16.0 Å². The fourth-order valence-corrected chi connectivity index (χ4v) is 2.37. The van der Waals surface area contributed by atoms with Gasteiger partial charge in [-0.15, -0.1) is 6.58 Å². The number of carbonyl (C=O) groups is 1. The zero-order valence-electron chi connectivity index (χ0n) is 11.8. The van der Waals surface area contributed by atoms with E-state index >= 15 is 0 Å². The highest BCUT2D eigenvalue weighted by Crippen LogP contribution is 2.13. The van der Waals surface area contributed by atoms with Gasteiger partial charge in [0.2, 0.25) is 0 Å². The van der Waals surface area contributed by atoms with E-state index < -0.39 is 0 Å². The number of rotatable bonds is 6. The Labute approximate surface area is 120 Å². The van der Waals surface area contributed by atoms with Crippen LogP contribution >= 0.6 is 0 Å². The van der Waals surface area contributed by atoms with E-state index in [-0.39, 0.29) is 5.91 Å². The summed E-state index contributed by atoms with van der Waals surface area (Å²) in [7, 11) is 0. The van der Waals surface area contributed by atoms with E-state index in [9.17, 15) is 4.79 Å². The molecule has 1 atom stereocenters. The van der Waals surface area contributed by atoms with Crippen LogP contribution in [0.5, 0.6) is 0 Å². The molecule has 1 aromatic rings. The van der Waals surface area contributed by atoms with Crippen LogP contribution in [0.2, 0.25) is 0 Å². The lowest BCUT2D eigenvalue weighted by atomic mass is 10.00. The Bertz CT molecular complexity index is 436. The lowest BCUT2D eigenvalue weighted by Gasteiger charge is -2.23. The van der Waals surface area contributed by atoms with E-state index in [1.54, 1.807) is 6.08 Å². The van der Waals surface area contributed by atoms with Crippen LogP contribution in [-0.2, 0) is 0 Å². The second-order valence-corrected chi connectivity index (χ2v) is 5.17. The average molecular weight is 273 g/mol. The standard InChI is InChI=1S/C16H23N3O/c1-2-9-18-16(20)14-5-7-15(8-6-14)19-12-13-4-3-10-17-11-13/h2,5-8,13,17,19H,1,3-4,9-12H2,(H,18,20). The predicted molar refractivity (Wildman–Crippen MR) is 83.1 cm³/mol. The Morgan fingerprint density at radius 2 is 2.20 bits per heavy atom. The number of anilines is 1. The maximum Gasteiger partial charge on any atom is 0.251 e. The van der Waals surface area contributed by atoms with Crippen LogP contribution in [0.25, 0.3) is 0 Å². The molecule has 1 amide bonds. The van der Waals surface area contributed by atoms with Gasteiger partial charge in [-0.2, -0.15) is 0 Å². The molecule has 1 saturated heterocycles. The molecule has 1 fully saturated rings. The minimum Gasteiger partial charge on any atom is -0.385 e. The summed E-state index contributed by atoms with van der Waals surface area (Å²) in [5, 5.41) is 9.62. The van der Waals surface area contributed by atoms with Crippen LogP contribution < -0.4 is 16.0 Å². The monoisotopic (exact) mass is 273 g/mol. The van der Waals surface area contributed by atoms with Gasteiger partial charge in [0, 0.05) is 24.3 Å². The minimum absolute atomic E-state index is 0.0621. The zero-order valence-corrected chi connectivity index (χ0v) is 11.8. The van der Waals surface area contributed by atoms with Gasteiger partial charge in [-0.3, -0.25) is 4.79 Å². The van der Waals surface area contributed by atoms with Gasteiger partial charge in [-0.25, -0.2) is 0 Å². The van der Waals surface area contributed by atoms with Gasteiger partial charge >= 0.3 is 0 Å². The van der Waals surface area contributed by atoms with Crippen molar-refractivity contribution in [2.45, 2.75) is 12.8 Å². The quantitative estimate of drug-likeness (QED) is 0.695. The highest BCUT2D eigenvalue weighted by Gasteiger charge is 2.12. The normalized spacial score (nSPS) is 18.3. The summed E-state index contributed by atoms with van der Waals surface area (Å²) < 4.78 is 0. The molecule has 1 heterocycles. The largest absolute Gasteiger partial charge is 0.385 e. The van der Waals surface area contributed by atoms with Crippen LogP contribution in [0.1, 0.15) is 23.2 Å². The number of hydrogen-bond donors (Lipinski definition) is 3. The molecule has 20 heavy (non-hydrogen) atoms. The third-order valence-electron chi connectivity index (χ3n) is 3.55. The Morgan fingerprint density at radius 3 is 2.85 bits per heavy atom. The molecule has 1 aromatic carbocycles. The number of nitrogens with one attached hydrogen (secondary N) is 3. The number of hydrogen-bond acceptors (Lipinski definition) is 3. The minimum atomic E-state index is -0.0621. The molecule has 4 heteroatoms. The van der Waals surface area contributed by atoms with Gasteiger partial charge in [0.25, 0.3) is 5.91 Å². The fourth-order valence-electron chi connectivity index (χ4n) is 2.37. The summed E-state index contributed by atoms with van der Waals surface area (Å²) in [6, 6.07) is 7.61. The van der Waals surface area contributed by atoms with E-state index in [4.69, 9.17) is 0 Å². The van der Waals surface area contributed by atoms with E-state index in [2.05, 4.69) is 22.5 Å². The summed E-state index contributed by atoms with van der Waals surface area (Å²) >= 11 is 0. The van der Waals surface area contributed by atoms with Crippen LogP contribution in [0.15, 0.2) is 36.9 Å². The highest BCUT2D eigenvalue weighted by atomic mass is 16.1. The van der Waals surface area contributed by atoms with Crippen molar-refractivity contribution in [2.75, 3.05) is 31.5 Å². The molecular formula is C16H23N3O. The van der Waals surface area contributed by atoms with Crippen molar-refractivity contribution >= 4 is 11.6 Å². The van der Waals surface area contributed by atoms with Gasteiger partial charge in [0.15, 0.2) is 0 Å². The first-order valence-electron chi connectivity index (χ1n) is 7.23. The molecule has 0 radical (unpaired) electrons. The summed E-state index contributed by atoms with van der Waals surface area (Å²) in [4.78, 5) is 11.7. The second-order valence-electron chi connectivity index (χ2n) is 5.17. The van der Waals surface area contributed by atoms with Crippen molar-refractivity contribution in [3.63, 3.8) is 0 Å². The molecule has 0 aromatic heterocycles. The lowest BCUT2D eigenvalue weighted by molar-refractivity contribution is 0.0958. The third-order valence-corrected chi connectivity index (χ3v) is 3.55. The molecule has 0 aliphatic carbocycles. The zero-order chi connectivity index (χ0) is 14.2. The summed E-state index contributed by atoms with van der Waals surface area (Å²) in [6.45, 7) is 7.29. The number of amides is 1. The Morgan fingerprint density at radius 1 is 1.40 bits per heavy atom. The van der Waals surface area contributed by atoms with E-state index in [0.717, 1.165) is 25.3 Å². The lowest BCUT2D eigenvalue weighted by Crippen LogP contribution is -2.33. The Balaban J connectivity index is 1.81. The SMILES string of the molecule is C=CCNC(=O)c1ccc(NCC2CCCNC2)cc1. The molecule has 1 unspecified atom stereocenters. The molecule has 4 nitrogen and oxygen atoms in total. The molecule has 1 aliphatic rings. The van der Waals surface area contributed by atoms with Crippen molar-refractivity contribution in [3.05, 3.63) is 42.5 Å². The summed E-state index contributed by atoms with van der Waals surface area (Å²) in [6.07, 6.45) is 4.21. The highest BCUT2D eigenvalue weighted by molar-refractivity contribution is 5.94. The topological polar surface area (TPSA) is 53.2 Å². The predicted octanol–water partition coefficient (Wildman–Crippen LogP) is 2.01. The molecule has 0 saturated carbocycles. The molecule has 108 valence electrons. The maximum atomic E-state index is 11.7. The number of benzene rings is 1. The maximum absolute atomic E-state index is 11.7. The van der Waals surface area contributed by atoms with Crippen molar-refractivity contribution in [1.29, 1.82) is 0 Å². The molecule has 2 rings (SSSR count). The van der Waals surface area contributed by atoms with E-state index in [1.165, 1.54) is 12.8 Å². The summed E-state index contributed by atoms with van der Waals surface area (Å²) in [5.74, 6) is 0.632. The van der Waals surface area contributed by atoms with Crippen LogP contribution in [0.4, 0.5) is 5.69 Å². The number of piperidine rings is 1.